The van der Waals surface area contributed by atoms with Crippen LogP contribution >= 0.6 is 0 Å². The zero-order valence-corrected chi connectivity index (χ0v) is 26.1. The number of nitrogens with zero attached hydrogens (tertiary/aromatic N) is 1. The number of carbonyl (C=O) groups excluding carboxylic acids is 1. The summed E-state index contributed by atoms with van der Waals surface area (Å²) in [5.74, 6) is 3.18. The number of carbonyl (C=O) groups is 1. The van der Waals surface area contributed by atoms with Gasteiger partial charge in [0.1, 0.15) is 0 Å². The Morgan fingerprint density at radius 2 is 1.56 bits per heavy atom. The number of fused-ring (bicyclic) bond motifs is 1. The van der Waals surface area contributed by atoms with Crippen molar-refractivity contribution in [3.63, 3.8) is 0 Å². The number of ether oxygens (including phenoxy) is 2. The summed E-state index contributed by atoms with van der Waals surface area (Å²) in [4.78, 5) is 15.1. The molecule has 4 aliphatic carbocycles. The molecule has 0 unspecified atom stereocenters. The molecule has 0 spiro atoms. The van der Waals surface area contributed by atoms with Gasteiger partial charge in [-0.15, -0.1) is 0 Å². The second kappa shape index (κ2) is 11.9. The first-order valence-electron chi connectivity index (χ1n) is 15.5. The molecule has 4 fully saturated rings. The number of nitrogens with one attached hydrogen (secondary N) is 2. The Labute approximate surface area is 263 Å². The highest BCUT2D eigenvalue weighted by molar-refractivity contribution is 7.89. The maximum atomic E-state index is 12.8. The third-order valence-corrected chi connectivity index (χ3v) is 11.0. The molecule has 0 heterocycles. The molecule has 2 N–H and O–H groups in total. The zero-order chi connectivity index (χ0) is 31.0. The molecule has 4 bridgehead atoms. The fourth-order valence-corrected chi connectivity index (χ4v) is 8.98. The molecule has 8 rings (SSSR count). The van der Waals surface area contributed by atoms with Crippen LogP contribution < -0.4 is 19.6 Å². The number of methoxy groups -OCH3 is 1. The topological polar surface area (TPSA) is 106 Å². The summed E-state index contributed by atoms with van der Waals surface area (Å²) < 4.78 is 36.7. The number of sulfonamides is 1. The van der Waals surface area contributed by atoms with E-state index in [1.54, 1.807) is 36.4 Å². The van der Waals surface area contributed by atoms with Gasteiger partial charge in [-0.2, -0.15) is 13.5 Å². The van der Waals surface area contributed by atoms with Crippen molar-refractivity contribution in [3.8, 4) is 11.5 Å². The van der Waals surface area contributed by atoms with Crippen LogP contribution in [0.15, 0.2) is 94.9 Å². The van der Waals surface area contributed by atoms with E-state index in [0.29, 0.717) is 22.5 Å². The molecule has 0 radical (unpaired) electrons. The Hall–Kier alpha value is -4.37. The molecule has 0 atom stereocenters. The third kappa shape index (κ3) is 6.14. The highest BCUT2D eigenvalue weighted by atomic mass is 32.2. The Kier molecular flexibility index (Phi) is 7.73. The molecule has 8 nitrogen and oxygen atoms in total. The van der Waals surface area contributed by atoms with Gasteiger partial charge in [-0.3, -0.25) is 4.79 Å². The summed E-state index contributed by atoms with van der Waals surface area (Å²) in [5.41, 5.74) is 3.09. The van der Waals surface area contributed by atoms with E-state index in [2.05, 4.69) is 27.4 Å². The summed E-state index contributed by atoms with van der Waals surface area (Å²) in [6.45, 7) is -0.188. The Morgan fingerprint density at radius 1 is 0.867 bits per heavy atom. The minimum Gasteiger partial charge on any atom is -0.493 e. The quantitative estimate of drug-likeness (QED) is 0.152. The Balaban J connectivity index is 0.938. The van der Waals surface area contributed by atoms with Crippen LogP contribution in [0.1, 0.15) is 49.7 Å². The van der Waals surface area contributed by atoms with Crippen LogP contribution in [0.25, 0.3) is 10.8 Å². The molecule has 9 heteroatoms. The third-order valence-electron chi connectivity index (χ3n) is 9.78. The fraction of sp³-hybridized carbons (Fsp3) is 0.333. The summed E-state index contributed by atoms with van der Waals surface area (Å²) >= 11 is 0. The normalized spacial score (nSPS) is 23.7. The molecular formula is C36H37N3O5S. The van der Waals surface area contributed by atoms with Crippen molar-refractivity contribution < 1.29 is 22.7 Å². The van der Waals surface area contributed by atoms with Gasteiger partial charge >= 0.3 is 0 Å². The van der Waals surface area contributed by atoms with Crippen LogP contribution in [0.3, 0.4) is 0 Å². The minimum absolute atomic E-state index is 0.122. The number of hydrogen-bond acceptors (Lipinski definition) is 6. The van der Waals surface area contributed by atoms with Gasteiger partial charge in [0.05, 0.1) is 18.2 Å². The van der Waals surface area contributed by atoms with Crippen LogP contribution in [0.2, 0.25) is 0 Å². The fourth-order valence-electron chi connectivity index (χ4n) is 8.15. The summed E-state index contributed by atoms with van der Waals surface area (Å²) in [6, 6.07) is 25.9. The average Bonchev–Trinajstić information content (AvgIpc) is 3.03. The first-order chi connectivity index (χ1) is 21.8. The van der Waals surface area contributed by atoms with Gasteiger partial charge in [0.15, 0.2) is 18.1 Å². The lowest BCUT2D eigenvalue weighted by atomic mass is 9.48. The molecule has 4 aliphatic rings. The summed E-state index contributed by atoms with van der Waals surface area (Å²) in [7, 11) is -2.35. The predicted molar refractivity (Wildman–Crippen MR) is 175 cm³/mol. The molecule has 45 heavy (non-hydrogen) atoms. The van der Waals surface area contributed by atoms with E-state index in [4.69, 9.17) is 9.47 Å². The van der Waals surface area contributed by atoms with E-state index in [-0.39, 0.29) is 17.4 Å². The number of rotatable bonds is 10. The average molecular weight is 624 g/mol. The Morgan fingerprint density at radius 3 is 2.24 bits per heavy atom. The lowest BCUT2D eigenvalue weighted by Crippen LogP contribution is -2.48. The highest BCUT2D eigenvalue weighted by Gasteiger charge is 2.51. The lowest BCUT2D eigenvalue weighted by Gasteiger charge is -2.57. The van der Waals surface area contributed by atoms with E-state index in [0.717, 1.165) is 34.2 Å². The lowest BCUT2D eigenvalue weighted by molar-refractivity contribution is -0.118. The van der Waals surface area contributed by atoms with Crippen molar-refractivity contribution in [2.45, 2.75) is 48.8 Å². The van der Waals surface area contributed by atoms with Crippen molar-refractivity contribution in [3.05, 3.63) is 96.1 Å². The van der Waals surface area contributed by atoms with Crippen LogP contribution in [-0.4, -0.2) is 34.3 Å². The number of anilines is 1. The molecule has 1 amide bonds. The second-order valence-electron chi connectivity index (χ2n) is 12.9. The van der Waals surface area contributed by atoms with Gasteiger partial charge in [0, 0.05) is 5.69 Å². The van der Waals surface area contributed by atoms with Crippen molar-refractivity contribution in [1.29, 1.82) is 0 Å². The first kappa shape index (κ1) is 29.3. The number of hydrogen-bond donors (Lipinski definition) is 2. The first-order valence-corrected chi connectivity index (χ1v) is 17.0. The van der Waals surface area contributed by atoms with Gasteiger partial charge < -0.3 is 14.8 Å². The maximum Gasteiger partial charge on any atom is 0.276 e. The van der Waals surface area contributed by atoms with E-state index in [1.165, 1.54) is 57.4 Å². The van der Waals surface area contributed by atoms with Crippen LogP contribution in [0, 0.1) is 17.8 Å². The highest BCUT2D eigenvalue weighted by Crippen LogP contribution is 2.60. The van der Waals surface area contributed by atoms with Gasteiger partial charge in [-0.05, 0) is 126 Å². The van der Waals surface area contributed by atoms with Crippen molar-refractivity contribution in [2.24, 2.45) is 22.9 Å². The standard InChI is InChI=1S/C36H37N3O5S/c1-43-34-17-24(22-37-39-45(41,42)32-12-7-28-4-2-3-5-29(28)18-32)6-13-33(34)44-23-35(40)38-31-10-8-30(9-11-31)36-19-25-14-26(20-36)16-27(15-25)21-36/h2-13,17-18,22,25-27,39H,14-16,19-21,23H2,1H3,(H,38,40)/b37-22+. The second-order valence-corrected chi connectivity index (χ2v) is 14.5. The molecule has 232 valence electrons. The van der Waals surface area contributed by atoms with Crippen molar-refractivity contribution >= 4 is 38.6 Å². The van der Waals surface area contributed by atoms with Crippen LogP contribution in [-0.2, 0) is 20.2 Å². The van der Waals surface area contributed by atoms with Gasteiger partial charge in [0.2, 0.25) is 0 Å². The number of benzene rings is 4. The largest absolute Gasteiger partial charge is 0.493 e. The van der Waals surface area contributed by atoms with Crippen molar-refractivity contribution in [2.75, 3.05) is 19.0 Å². The van der Waals surface area contributed by atoms with E-state index in [1.807, 2.05) is 36.4 Å². The molecule has 0 aliphatic heterocycles. The molecule has 0 aromatic heterocycles. The molecular weight excluding hydrogens is 586 g/mol. The molecule has 4 saturated carbocycles. The SMILES string of the molecule is COc1cc(/C=N/NS(=O)(=O)c2ccc3ccccc3c2)ccc1OCC(=O)Nc1ccc(C23CC4CC(CC(C4)C2)C3)cc1. The molecule has 4 aromatic rings. The minimum atomic E-state index is -3.85. The monoisotopic (exact) mass is 623 g/mol. The molecule has 0 saturated heterocycles. The Bertz CT molecular complexity index is 1830. The van der Waals surface area contributed by atoms with Crippen molar-refractivity contribution in [1.82, 2.24) is 4.83 Å². The van der Waals surface area contributed by atoms with Crippen LogP contribution in [0.5, 0.6) is 11.5 Å². The number of hydrazone groups is 1. The van der Waals surface area contributed by atoms with E-state index in [9.17, 15) is 13.2 Å². The summed E-state index contributed by atoms with van der Waals surface area (Å²) in [5, 5.41) is 8.64. The zero-order valence-electron chi connectivity index (χ0n) is 25.2. The number of amides is 1. The molecule has 4 aromatic carbocycles. The van der Waals surface area contributed by atoms with E-state index >= 15 is 0 Å². The van der Waals surface area contributed by atoms with Gasteiger partial charge in [-0.1, -0.05) is 42.5 Å². The maximum absolute atomic E-state index is 12.8. The van der Waals surface area contributed by atoms with E-state index < -0.39 is 10.0 Å². The predicted octanol–water partition coefficient (Wildman–Crippen LogP) is 6.65. The summed E-state index contributed by atoms with van der Waals surface area (Å²) in [6.07, 6.45) is 9.57. The van der Waals surface area contributed by atoms with Gasteiger partial charge in [0.25, 0.3) is 15.9 Å². The van der Waals surface area contributed by atoms with Gasteiger partial charge in [-0.25, -0.2) is 4.83 Å². The smallest absolute Gasteiger partial charge is 0.276 e. The van der Waals surface area contributed by atoms with Crippen LogP contribution in [0.4, 0.5) is 5.69 Å².